The minimum atomic E-state index is 0.162. The van der Waals surface area contributed by atoms with Gasteiger partial charge >= 0.3 is 0 Å². The van der Waals surface area contributed by atoms with E-state index in [1.807, 2.05) is 12.1 Å². The number of ether oxygens (including phenoxy) is 1. The van der Waals surface area contributed by atoms with Crippen molar-refractivity contribution in [3.05, 3.63) is 24.2 Å². The largest absolute Gasteiger partial charge is 0.468 e. The van der Waals surface area contributed by atoms with E-state index in [2.05, 4.69) is 38.2 Å². The second kappa shape index (κ2) is 8.70. The van der Waals surface area contributed by atoms with E-state index in [9.17, 15) is 0 Å². The van der Waals surface area contributed by atoms with Gasteiger partial charge in [-0.3, -0.25) is 0 Å². The third-order valence-electron chi connectivity index (χ3n) is 4.49. The Morgan fingerprint density at radius 3 is 2.50 bits per heavy atom. The normalized spacial score (nSPS) is 24.1. The van der Waals surface area contributed by atoms with Gasteiger partial charge in [-0.25, -0.2) is 0 Å². The Morgan fingerprint density at radius 1 is 1.23 bits per heavy atom. The molecule has 1 atom stereocenters. The van der Waals surface area contributed by atoms with Crippen molar-refractivity contribution >= 4 is 0 Å². The van der Waals surface area contributed by atoms with E-state index >= 15 is 0 Å². The maximum Gasteiger partial charge on any atom is 0.123 e. The lowest BCUT2D eigenvalue weighted by atomic mass is 9.90. The molecule has 1 saturated carbocycles. The van der Waals surface area contributed by atoms with Gasteiger partial charge in [0.15, 0.2) is 0 Å². The zero-order valence-corrected chi connectivity index (χ0v) is 14.5. The highest BCUT2D eigenvalue weighted by atomic mass is 16.5. The van der Waals surface area contributed by atoms with Gasteiger partial charge in [-0.05, 0) is 57.8 Å². The molecule has 0 bridgehead atoms. The second-order valence-electron chi connectivity index (χ2n) is 7.14. The Hall–Kier alpha value is -0.840. The van der Waals surface area contributed by atoms with Crippen molar-refractivity contribution in [1.29, 1.82) is 0 Å². The van der Waals surface area contributed by atoms with E-state index in [0.29, 0.717) is 18.6 Å². The van der Waals surface area contributed by atoms with Crippen molar-refractivity contribution in [3.63, 3.8) is 0 Å². The first kappa shape index (κ1) is 17.5. The Bertz CT molecular complexity index is 395. The van der Waals surface area contributed by atoms with Crippen LogP contribution in [0.2, 0.25) is 0 Å². The lowest BCUT2D eigenvalue weighted by molar-refractivity contribution is 0.0775. The molecule has 1 aliphatic carbocycles. The summed E-state index contributed by atoms with van der Waals surface area (Å²) in [5.74, 6) is 1.55. The molecule has 2 rings (SSSR count). The van der Waals surface area contributed by atoms with Gasteiger partial charge in [-0.15, -0.1) is 0 Å². The van der Waals surface area contributed by atoms with E-state index in [4.69, 9.17) is 9.15 Å². The first-order valence-electron chi connectivity index (χ1n) is 8.60. The molecule has 126 valence electrons. The van der Waals surface area contributed by atoms with Crippen LogP contribution in [0.25, 0.3) is 0 Å². The minimum absolute atomic E-state index is 0.162. The number of furan rings is 1. The third kappa shape index (κ3) is 5.41. The molecule has 1 aromatic heterocycles. The van der Waals surface area contributed by atoms with Gasteiger partial charge in [-0.1, -0.05) is 13.8 Å². The first-order valence-corrected chi connectivity index (χ1v) is 8.60. The van der Waals surface area contributed by atoms with Gasteiger partial charge in [0, 0.05) is 18.7 Å². The first-order chi connectivity index (χ1) is 10.6. The fraction of sp³-hybridized carbons (Fsp3) is 0.778. The van der Waals surface area contributed by atoms with Gasteiger partial charge in [0.2, 0.25) is 0 Å². The number of hydrogen-bond donors (Lipinski definition) is 1. The average Bonchev–Trinajstić information content (AvgIpc) is 3.00. The predicted octanol–water partition coefficient (Wildman–Crippen LogP) is 3.46. The molecule has 0 saturated heterocycles. The Morgan fingerprint density at radius 2 is 1.95 bits per heavy atom. The van der Waals surface area contributed by atoms with Crippen molar-refractivity contribution < 1.29 is 9.15 Å². The molecule has 1 aliphatic rings. The number of nitrogens with one attached hydrogen (secondary N) is 1. The van der Waals surface area contributed by atoms with Crippen LogP contribution in [0.4, 0.5) is 0 Å². The van der Waals surface area contributed by atoms with Gasteiger partial charge in [0.25, 0.3) is 0 Å². The lowest BCUT2D eigenvalue weighted by Crippen LogP contribution is -2.41. The monoisotopic (exact) mass is 308 g/mol. The quantitative estimate of drug-likeness (QED) is 0.798. The standard InChI is InChI=1S/C18H32N2O2/c1-14(2)12-21-13-17(18-6-5-11-22-18)19-15-7-9-16(10-8-15)20(3)4/h5-6,11,14-17,19H,7-10,12-13H2,1-4H3. The van der Waals surface area contributed by atoms with Crippen LogP contribution < -0.4 is 5.32 Å². The lowest BCUT2D eigenvalue weighted by Gasteiger charge is -2.34. The summed E-state index contributed by atoms with van der Waals surface area (Å²) >= 11 is 0. The molecular weight excluding hydrogens is 276 g/mol. The van der Waals surface area contributed by atoms with Crippen molar-refractivity contribution in [3.8, 4) is 0 Å². The van der Waals surface area contributed by atoms with Gasteiger partial charge in [0.05, 0.1) is 18.9 Å². The molecular formula is C18H32N2O2. The molecule has 0 aromatic carbocycles. The highest BCUT2D eigenvalue weighted by Crippen LogP contribution is 2.24. The molecule has 0 spiro atoms. The summed E-state index contributed by atoms with van der Waals surface area (Å²) in [6.45, 7) is 5.83. The summed E-state index contributed by atoms with van der Waals surface area (Å²) in [6, 6.07) is 5.46. The third-order valence-corrected chi connectivity index (χ3v) is 4.49. The molecule has 4 heteroatoms. The Kier molecular flexibility index (Phi) is 6.93. The molecule has 1 unspecified atom stereocenters. The van der Waals surface area contributed by atoms with Crippen molar-refractivity contribution in [2.24, 2.45) is 5.92 Å². The van der Waals surface area contributed by atoms with Crippen molar-refractivity contribution in [1.82, 2.24) is 10.2 Å². The van der Waals surface area contributed by atoms with E-state index in [-0.39, 0.29) is 6.04 Å². The van der Waals surface area contributed by atoms with Crippen LogP contribution in [0.1, 0.15) is 51.3 Å². The van der Waals surface area contributed by atoms with Crippen LogP contribution >= 0.6 is 0 Å². The molecule has 1 N–H and O–H groups in total. The van der Waals surface area contributed by atoms with Gasteiger partial charge in [0.1, 0.15) is 5.76 Å². The SMILES string of the molecule is CC(C)COCC(NC1CCC(N(C)C)CC1)c1ccco1. The van der Waals surface area contributed by atoms with Crippen LogP contribution in [0.3, 0.4) is 0 Å². The molecule has 1 heterocycles. The van der Waals surface area contributed by atoms with E-state index in [1.54, 1.807) is 6.26 Å². The topological polar surface area (TPSA) is 37.6 Å². The smallest absolute Gasteiger partial charge is 0.123 e. The fourth-order valence-electron chi connectivity index (χ4n) is 3.17. The number of nitrogens with zero attached hydrogens (tertiary/aromatic N) is 1. The van der Waals surface area contributed by atoms with Crippen LogP contribution in [-0.2, 0) is 4.74 Å². The van der Waals surface area contributed by atoms with Crippen molar-refractivity contribution in [2.45, 2.75) is 57.7 Å². The molecule has 1 aromatic rings. The molecule has 1 fully saturated rings. The second-order valence-corrected chi connectivity index (χ2v) is 7.14. The molecule has 0 amide bonds. The predicted molar refractivity (Wildman–Crippen MR) is 90.0 cm³/mol. The summed E-state index contributed by atoms with van der Waals surface area (Å²) in [5.41, 5.74) is 0. The number of rotatable bonds is 8. The van der Waals surface area contributed by atoms with E-state index < -0.39 is 0 Å². The molecule has 0 aliphatic heterocycles. The van der Waals surface area contributed by atoms with Crippen LogP contribution in [0.5, 0.6) is 0 Å². The summed E-state index contributed by atoms with van der Waals surface area (Å²) in [4.78, 5) is 2.35. The van der Waals surface area contributed by atoms with Crippen LogP contribution in [0, 0.1) is 5.92 Å². The minimum Gasteiger partial charge on any atom is -0.468 e. The Labute approximate surface area is 135 Å². The van der Waals surface area contributed by atoms with Gasteiger partial charge < -0.3 is 19.4 Å². The average molecular weight is 308 g/mol. The summed E-state index contributed by atoms with van der Waals surface area (Å²) in [5, 5.41) is 3.75. The van der Waals surface area contributed by atoms with E-state index in [0.717, 1.165) is 18.4 Å². The molecule has 22 heavy (non-hydrogen) atoms. The highest BCUT2D eigenvalue weighted by molar-refractivity contribution is 5.05. The Balaban J connectivity index is 1.84. The van der Waals surface area contributed by atoms with Crippen molar-refractivity contribution in [2.75, 3.05) is 27.3 Å². The molecule has 4 nitrogen and oxygen atoms in total. The number of hydrogen-bond acceptors (Lipinski definition) is 4. The summed E-state index contributed by atoms with van der Waals surface area (Å²) in [7, 11) is 4.37. The maximum atomic E-state index is 5.85. The fourth-order valence-corrected chi connectivity index (χ4v) is 3.17. The van der Waals surface area contributed by atoms with Crippen LogP contribution in [-0.4, -0.2) is 44.3 Å². The maximum absolute atomic E-state index is 5.85. The van der Waals surface area contributed by atoms with E-state index in [1.165, 1.54) is 25.7 Å². The van der Waals surface area contributed by atoms with Crippen LogP contribution in [0.15, 0.2) is 22.8 Å². The highest BCUT2D eigenvalue weighted by Gasteiger charge is 2.25. The molecule has 0 radical (unpaired) electrons. The summed E-state index contributed by atoms with van der Waals surface area (Å²) < 4.78 is 11.5. The zero-order chi connectivity index (χ0) is 15.9. The summed E-state index contributed by atoms with van der Waals surface area (Å²) in [6.07, 6.45) is 6.73. The zero-order valence-electron chi connectivity index (χ0n) is 14.5. The van der Waals surface area contributed by atoms with Gasteiger partial charge in [-0.2, -0.15) is 0 Å².